The Bertz CT molecular complexity index is 24.8. The number of rotatable bonds is 2. The van der Waals surface area contributed by atoms with Gasteiger partial charge in [-0.1, -0.05) is 6.58 Å². The number of thioether (sulfide) groups is 1. The highest BCUT2D eigenvalue weighted by Crippen LogP contribution is 1.94. The molecule has 0 fully saturated rings. The highest BCUT2D eigenvalue weighted by atomic mass is 32.2. The van der Waals surface area contributed by atoms with Crippen LogP contribution in [0.4, 0.5) is 0 Å². The maximum Gasteiger partial charge on any atom is -0.00259 e. The van der Waals surface area contributed by atoms with Crippen molar-refractivity contribution in [1.82, 2.24) is 0 Å². The Morgan fingerprint density at radius 1 is 1.80 bits per heavy atom. The third kappa shape index (κ3) is 4.09. The highest BCUT2D eigenvalue weighted by molar-refractivity contribution is 8.02. The molecule has 0 aromatic heterocycles. The summed E-state index contributed by atoms with van der Waals surface area (Å²) in [5, 5.41) is 1.78. The van der Waals surface area contributed by atoms with Crippen molar-refractivity contribution in [1.29, 1.82) is 0 Å². The van der Waals surface area contributed by atoms with Crippen molar-refractivity contribution in [3.05, 3.63) is 18.9 Å². The van der Waals surface area contributed by atoms with E-state index < -0.39 is 0 Å². The van der Waals surface area contributed by atoms with Gasteiger partial charge in [0.1, 0.15) is 0 Å². The molecule has 0 saturated heterocycles. The van der Waals surface area contributed by atoms with Gasteiger partial charge < -0.3 is 0 Å². The van der Waals surface area contributed by atoms with Crippen molar-refractivity contribution in [2.45, 2.75) is 0 Å². The minimum atomic E-state index is 0.892. The molecular weight excluding hydrogens is 80.1 g/mol. The largest absolute Gasteiger partial charge is 0.135 e. The predicted molar refractivity (Wildman–Crippen MR) is 28.0 cm³/mol. The molecule has 0 spiro atoms. The van der Waals surface area contributed by atoms with Gasteiger partial charge >= 0.3 is 0 Å². The zero-order chi connectivity index (χ0) is 4.12. The van der Waals surface area contributed by atoms with Gasteiger partial charge in [0.15, 0.2) is 0 Å². The maximum atomic E-state index is 3.57. The summed E-state index contributed by atoms with van der Waals surface area (Å²) < 4.78 is 0. The van der Waals surface area contributed by atoms with Gasteiger partial charge in [-0.3, -0.25) is 0 Å². The molecule has 0 aromatic rings. The number of hydrogen-bond acceptors (Lipinski definition) is 1. The van der Waals surface area contributed by atoms with Crippen LogP contribution in [-0.2, 0) is 0 Å². The van der Waals surface area contributed by atoms with E-state index in [1.807, 2.05) is 0 Å². The Morgan fingerprint density at radius 2 is 2.40 bits per heavy atom. The maximum absolute atomic E-state index is 3.57. The first-order valence-corrected chi connectivity index (χ1v) is 2.48. The van der Waals surface area contributed by atoms with Crippen LogP contribution in [0.2, 0.25) is 0 Å². The second kappa shape index (κ2) is 4.09. The summed E-state index contributed by atoms with van der Waals surface area (Å²) in [6, 6.07) is 0. The van der Waals surface area contributed by atoms with Crippen LogP contribution in [0, 0.1) is 6.92 Å². The highest BCUT2D eigenvalue weighted by Gasteiger charge is 1.61. The van der Waals surface area contributed by atoms with Gasteiger partial charge in [-0.05, 0) is 18.1 Å². The molecule has 0 aromatic carbocycles. The first-order chi connectivity index (χ1) is 2.41. The molecule has 0 nitrogen and oxygen atoms in total. The molecule has 0 aliphatic heterocycles. The molecule has 0 aliphatic carbocycles. The molecule has 1 radical (unpaired) electrons. The van der Waals surface area contributed by atoms with Crippen LogP contribution in [-0.4, -0.2) is 5.75 Å². The predicted octanol–water partition coefficient (Wildman–Crippen LogP) is 1.70. The van der Waals surface area contributed by atoms with Crippen molar-refractivity contribution < 1.29 is 0 Å². The summed E-state index contributed by atoms with van der Waals surface area (Å²) >= 11 is 1.62. The summed E-state index contributed by atoms with van der Waals surface area (Å²) in [6.45, 7) is 7.04. The monoisotopic (exact) mass is 87.0 g/mol. The van der Waals surface area contributed by atoms with E-state index in [2.05, 4.69) is 13.5 Å². The SMILES string of the molecule is [CH2]CSC=C. The van der Waals surface area contributed by atoms with Gasteiger partial charge in [0.2, 0.25) is 0 Å². The molecule has 0 amide bonds. The summed E-state index contributed by atoms with van der Waals surface area (Å²) in [7, 11) is 0. The van der Waals surface area contributed by atoms with E-state index in [0.29, 0.717) is 0 Å². The molecule has 0 saturated carbocycles. The Balaban J connectivity index is 2.40. The lowest BCUT2D eigenvalue weighted by molar-refractivity contribution is 1.84. The van der Waals surface area contributed by atoms with Gasteiger partial charge in [0, 0.05) is 0 Å². The molecule has 0 N–H and O–H groups in total. The summed E-state index contributed by atoms with van der Waals surface area (Å²) in [5.41, 5.74) is 0. The fourth-order valence-electron chi connectivity index (χ4n) is 0.0833. The molecule has 0 unspecified atom stereocenters. The Morgan fingerprint density at radius 3 is 2.40 bits per heavy atom. The fraction of sp³-hybridized carbons (Fsp3) is 0.250. The third-order valence-electron chi connectivity index (χ3n) is 0.236. The molecule has 29 valence electrons. The minimum absolute atomic E-state index is 0.892. The molecule has 0 atom stereocenters. The zero-order valence-corrected chi connectivity index (χ0v) is 3.92. The molecule has 1 heteroatoms. The summed E-state index contributed by atoms with van der Waals surface area (Å²) in [4.78, 5) is 0. The van der Waals surface area contributed by atoms with Crippen molar-refractivity contribution in [2.24, 2.45) is 0 Å². The molecule has 5 heavy (non-hydrogen) atoms. The van der Waals surface area contributed by atoms with Crippen molar-refractivity contribution in [3.63, 3.8) is 0 Å². The van der Waals surface area contributed by atoms with Crippen LogP contribution in [0.25, 0.3) is 0 Å². The average Bonchev–Trinajstić information content (AvgIpc) is 1.41. The van der Waals surface area contributed by atoms with E-state index in [4.69, 9.17) is 0 Å². The Labute approximate surface area is 37.3 Å². The van der Waals surface area contributed by atoms with Crippen molar-refractivity contribution in [2.75, 3.05) is 5.75 Å². The van der Waals surface area contributed by atoms with Crippen LogP contribution in [0.5, 0.6) is 0 Å². The quantitative estimate of drug-likeness (QED) is 0.494. The summed E-state index contributed by atoms with van der Waals surface area (Å²) in [6.07, 6.45) is 0. The van der Waals surface area contributed by atoms with Gasteiger partial charge in [0.25, 0.3) is 0 Å². The van der Waals surface area contributed by atoms with Crippen LogP contribution >= 0.6 is 11.8 Å². The lowest BCUT2D eigenvalue weighted by Gasteiger charge is -1.73. The first-order valence-electron chi connectivity index (χ1n) is 1.43. The topological polar surface area (TPSA) is 0 Å². The summed E-state index contributed by atoms with van der Waals surface area (Å²) in [5.74, 6) is 0.892. The van der Waals surface area contributed by atoms with E-state index in [1.165, 1.54) is 0 Å². The van der Waals surface area contributed by atoms with Crippen LogP contribution in [0.3, 0.4) is 0 Å². The minimum Gasteiger partial charge on any atom is -0.135 e. The number of hydrogen-bond donors (Lipinski definition) is 0. The van der Waals surface area contributed by atoms with Gasteiger partial charge in [-0.25, -0.2) is 0 Å². The smallest absolute Gasteiger partial charge is 0.00259 e. The molecule has 0 bridgehead atoms. The fourth-order valence-corrected chi connectivity index (χ4v) is 0.250. The lowest BCUT2D eigenvalue weighted by atomic mass is 11.0. The van der Waals surface area contributed by atoms with E-state index in [9.17, 15) is 0 Å². The normalized spacial score (nSPS) is 7.40. The molecular formula is C4H7S. The zero-order valence-electron chi connectivity index (χ0n) is 3.11. The van der Waals surface area contributed by atoms with Crippen LogP contribution in [0.15, 0.2) is 12.0 Å². The van der Waals surface area contributed by atoms with Gasteiger partial charge in [-0.2, -0.15) is 0 Å². The van der Waals surface area contributed by atoms with Crippen molar-refractivity contribution in [3.8, 4) is 0 Å². The van der Waals surface area contributed by atoms with Gasteiger partial charge in [-0.15, -0.1) is 11.8 Å². The van der Waals surface area contributed by atoms with E-state index >= 15 is 0 Å². The van der Waals surface area contributed by atoms with E-state index in [0.717, 1.165) is 5.75 Å². The van der Waals surface area contributed by atoms with Gasteiger partial charge in [0.05, 0.1) is 0 Å². The molecule has 0 aliphatic rings. The first kappa shape index (κ1) is 5.09. The molecule has 0 rings (SSSR count). The third-order valence-corrected chi connectivity index (χ3v) is 0.707. The van der Waals surface area contributed by atoms with E-state index in [-0.39, 0.29) is 0 Å². The van der Waals surface area contributed by atoms with Crippen molar-refractivity contribution >= 4 is 11.8 Å². The van der Waals surface area contributed by atoms with Crippen LogP contribution < -0.4 is 0 Å². The second-order valence-electron chi connectivity index (χ2n) is 0.537. The Hall–Kier alpha value is 0.0900. The molecule has 0 heterocycles. The standard InChI is InChI=1S/C4H7S/c1-3-5-4-2/h3H,1-2,4H2. The average molecular weight is 87.2 g/mol. The second-order valence-corrected chi connectivity index (χ2v) is 1.61. The van der Waals surface area contributed by atoms with Crippen LogP contribution in [0.1, 0.15) is 0 Å². The van der Waals surface area contributed by atoms with E-state index in [1.54, 1.807) is 17.2 Å². The lowest BCUT2D eigenvalue weighted by Crippen LogP contribution is -1.52. The Kier molecular flexibility index (Phi) is 4.16.